The van der Waals surface area contributed by atoms with E-state index in [-0.39, 0.29) is 29.7 Å². The first-order valence-electron chi connectivity index (χ1n) is 7.62. The minimum absolute atomic E-state index is 0.0732. The molecular formula is C17H23NO3. The smallest absolute Gasteiger partial charge is 0.310 e. The van der Waals surface area contributed by atoms with Crippen LogP contribution in [0.2, 0.25) is 0 Å². The Morgan fingerprint density at radius 2 is 2.10 bits per heavy atom. The summed E-state index contributed by atoms with van der Waals surface area (Å²) in [4.78, 5) is 14.4. The predicted octanol–water partition coefficient (Wildman–Crippen LogP) is 2.75. The van der Waals surface area contributed by atoms with Crippen LogP contribution in [0.25, 0.3) is 0 Å². The largest absolute Gasteiger partial charge is 0.469 e. The number of fused-ring (bicyclic) bond motifs is 1. The Morgan fingerprint density at radius 1 is 1.38 bits per heavy atom. The van der Waals surface area contributed by atoms with Gasteiger partial charge in [0.1, 0.15) is 5.72 Å². The average molecular weight is 289 g/mol. The molecular weight excluding hydrogens is 266 g/mol. The lowest BCUT2D eigenvalue weighted by molar-refractivity contribution is -0.164. The van der Waals surface area contributed by atoms with Gasteiger partial charge >= 0.3 is 5.97 Å². The highest BCUT2D eigenvalue weighted by Crippen LogP contribution is 2.47. The van der Waals surface area contributed by atoms with Crippen molar-refractivity contribution in [1.82, 2.24) is 4.90 Å². The third kappa shape index (κ3) is 2.36. The zero-order chi connectivity index (χ0) is 15.0. The first kappa shape index (κ1) is 14.5. The van der Waals surface area contributed by atoms with Crippen LogP contribution in [0.3, 0.4) is 0 Å². The highest BCUT2D eigenvalue weighted by molar-refractivity contribution is 5.73. The Bertz CT molecular complexity index is 518. The van der Waals surface area contributed by atoms with Crippen LogP contribution in [-0.4, -0.2) is 36.4 Å². The van der Waals surface area contributed by atoms with E-state index in [2.05, 4.69) is 43.0 Å². The van der Waals surface area contributed by atoms with Crippen LogP contribution in [0, 0.1) is 5.92 Å². The van der Waals surface area contributed by atoms with Gasteiger partial charge in [-0.2, -0.15) is 0 Å². The Balaban J connectivity index is 1.91. The molecule has 3 rings (SSSR count). The first-order valence-corrected chi connectivity index (χ1v) is 7.62. The molecule has 0 aromatic heterocycles. The number of hydrogen-bond donors (Lipinski definition) is 0. The summed E-state index contributed by atoms with van der Waals surface area (Å²) in [6.45, 7) is 4.93. The highest BCUT2D eigenvalue weighted by Gasteiger charge is 2.53. The van der Waals surface area contributed by atoms with Crippen LogP contribution >= 0.6 is 0 Å². The van der Waals surface area contributed by atoms with Crippen LogP contribution in [-0.2, 0) is 14.3 Å². The molecule has 4 heteroatoms. The Morgan fingerprint density at radius 3 is 2.76 bits per heavy atom. The Hall–Kier alpha value is -1.39. The summed E-state index contributed by atoms with van der Waals surface area (Å²) < 4.78 is 11.1. The van der Waals surface area contributed by atoms with Crippen molar-refractivity contribution in [3.8, 4) is 0 Å². The first-order chi connectivity index (χ1) is 10.1. The molecule has 0 spiro atoms. The van der Waals surface area contributed by atoms with Crippen LogP contribution in [0.5, 0.6) is 0 Å². The maximum Gasteiger partial charge on any atom is 0.310 e. The molecule has 114 valence electrons. The van der Waals surface area contributed by atoms with Crippen LogP contribution < -0.4 is 0 Å². The molecule has 2 saturated heterocycles. The van der Waals surface area contributed by atoms with Gasteiger partial charge in [0.15, 0.2) is 0 Å². The van der Waals surface area contributed by atoms with Gasteiger partial charge in [-0.3, -0.25) is 9.69 Å². The summed E-state index contributed by atoms with van der Waals surface area (Å²) in [5.74, 6) is -0.181. The number of benzene rings is 1. The fraction of sp³-hybridized carbons (Fsp3) is 0.588. The number of carbonyl (C=O) groups excluding carboxylic acids is 1. The number of methoxy groups -OCH3 is 1. The van der Waals surface area contributed by atoms with Crippen molar-refractivity contribution in [1.29, 1.82) is 0 Å². The number of hydrogen-bond acceptors (Lipinski definition) is 4. The molecule has 0 unspecified atom stereocenters. The van der Waals surface area contributed by atoms with E-state index in [1.165, 1.54) is 12.7 Å². The predicted molar refractivity (Wildman–Crippen MR) is 79.6 cm³/mol. The number of carbonyl (C=O) groups is 1. The van der Waals surface area contributed by atoms with E-state index in [9.17, 15) is 4.79 Å². The third-order valence-electron chi connectivity index (χ3n) is 5.06. The molecule has 1 aromatic rings. The summed E-state index contributed by atoms with van der Waals surface area (Å²) in [6, 6.07) is 10.7. The molecule has 2 aliphatic rings. The van der Waals surface area contributed by atoms with Crippen LogP contribution in [0.4, 0.5) is 0 Å². The van der Waals surface area contributed by atoms with Gasteiger partial charge in [-0.15, -0.1) is 0 Å². The van der Waals surface area contributed by atoms with E-state index in [1.807, 2.05) is 6.07 Å². The molecule has 0 bridgehead atoms. The zero-order valence-corrected chi connectivity index (χ0v) is 12.9. The van der Waals surface area contributed by atoms with Gasteiger partial charge < -0.3 is 9.47 Å². The van der Waals surface area contributed by atoms with E-state index < -0.39 is 0 Å². The number of piperidine rings is 1. The number of nitrogens with zero attached hydrogens (tertiary/aromatic N) is 1. The molecule has 1 aromatic carbocycles. The van der Waals surface area contributed by atoms with Gasteiger partial charge in [0.25, 0.3) is 0 Å². The second-order valence-electron chi connectivity index (χ2n) is 6.23. The molecule has 4 atom stereocenters. The maximum absolute atomic E-state index is 12.0. The van der Waals surface area contributed by atoms with E-state index in [0.717, 1.165) is 12.8 Å². The topological polar surface area (TPSA) is 38.8 Å². The quantitative estimate of drug-likeness (QED) is 0.785. The fourth-order valence-corrected chi connectivity index (χ4v) is 3.92. The second-order valence-corrected chi connectivity index (χ2v) is 6.23. The molecule has 4 nitrogen and oxygen atoms in total. The lowest BCUT2D eigenvalue weighted by atomic mass is 9.83. The minimum atomic E-state index is -0.273. The number of esters is 1. The molecule has 2 aliphatic heterocycles. The van der Waals surface area contributed by atoms with E-state index in [0.29, 0.717) is 6.61 Å². The standard InChI is InChI=1S/C17H23NO3/c1-12-14(16(19)20-3)9-10-17(2)18(12)15(11-21-17)13-7-5-4-6-8-13/h4-8,12,14-15H,9-11H2,1-3H3/t12-,14-,15-,17-/m1/s1. The van der Waals surface area contributed by atoms with E-state index in [1.54, 1.807) is 0 Å². The molecule has 0 saturated carbocycles. The van der Waals surface area contributed by atoms with Crippen LogP contribution in [0.15, 0.2) is 30.3 Å². The van der Waals surface area contributed by atoms with Gasteiger partial charge in [0, 0.05) is 6.04 Å². The monoisotopic (exact) mass is 289 g/mol. The summed E-state index contributed by atoms with van der Waals surface area (Å²) in [5.41, 5.74) is 0.975. The highest BCUT2D eigenvalue weighted by atomic mass is 16.5. The van der Waals surface area contributed by atoms with Crippen molar-refractivity contribution in [3.05, 3.63) is 35.9 Å². The summed E-state index contributed by atoms with van der Waals surface area (Å²) in [7, 11) is 1.47. The molecule has 0 radical (unpaired) electrons. The summed E-state index contributed by atoms with van der Waals surface area (Å²) >= 11 is 0. The summed E-state index contributed by atoms with van der Waals surface area (Å²) in [6.07, 6.45) is 1.68. The molecule has 21 heavy (non-hydrogen) atoms. The molecule has 2 fully saturated rings. The molecule has 0 amide bonds. The molecule has 2 heterocycles. The van der Waals surface area contributed by atoms with Crippen molar-refractivity contribution in [3.63, 3.8) is 0 Å². The van der Waals surface area contributed by atoms with Gasteiger partial charge in [0.05, 0.1) is 25.7 Å². The van der Waals surface area contributed by atoms with Gasteiger partial charge in [-0.25, -0.2) is 0 Å². The fourth-order valence-electron chi connectivity index (χ4n) is 3.92. The number of ether oxygens (including phenoxy) is 2. The Kier molecular flexibility index (Phi) is 3.76. The SMILES string of the molecule is COC(=O)[C@@H]1CC[C@@]2(C)OC[C@H](c3ccccc3)N2[C@@H]1C. The second kappa shape index (κ2) is 5.43. The minimum Gasteiger partial charge on any atom is -0.469 e. The Labute approximate surface area is 126 Å². The normalized spacial score (nSPS) is 36.2. The van der Waals surface area contributed by atoms with E-state index >= 15 is 0 Å². The van der Waals surface area contributed by atoms with E-state index in [4.69, 9.17) is 9.47 Å². The van der Waals surface area contributed by atoms with Gasteiger partial charge in [-0.1, -0.05) is 30.3 Å². The maximum atomic E-state index is 12.0. The third-order valence-corrected chi connectivity index (χ3v) is 5.06. The number of rotatable bonds is 2. The lowest BCUT2D eigenvalue weighted by Gasteiger charge is -2.47. The lowest BCUT2D eigenvalue weighted by Crippen LogP contribution is -2.56. The summed E-state index contributed by atoms with van der Waals surface area (Å²) in [5, 5.41) is 0. The van der Waals surface area contributed by atoms with Crippen molar-refractivity contribution in [2.24, 2.45) is 5.92 Å². The van der Waals surface area contributed by atoms with Gasteiger partial charge in [0.2, 0.25) is 0 Å². The van der Waals surface area contributed by atoms with Gasteiger partial charge in [-0.05, 0) is 32.3 Å². The van der Waals surface area contributed by atoms with Crippen LogP contribution in [0.1, 0.15) is 38.3 Å². The average Bonchev–Trinajstić information content (AvgIpc) is 2.86. The zero-order valence-electron chi connectivity index (χ0n) is 12.9. The van der Waals surface area contributed by atoms with Crippen molar-refractivity contribution < 1.29 is 14.3 Å². The molecule has 0 N–H and O–H groups in total. The van der Waals surface area contributed by atoms with Crippen molar-refractivity contribution in [2.75, 3.05) is 13.7 Å². The molecule has 0 aliphatic carbocycles. The van der Waals surface area contributed by atoms with Crippen molar-refractivity contribution in [2.45, 2.75) is 44.5 Å². The van der Waals surface area contributed by atoms with Crippen molar-refractivity contribution >= 4 is 5.97 Å².